The van der Waals surface area contributed by atoms with Crippen molar-refractivity contribution in [3.05, 3.63) is 58.7 Å². The van der Waals surface area contributed by atoms with Gasteiger partial charge in [-0.3, -0.25) is 10.1 Å². The maximum Gasteiger partial charge on any atom is 0.416 e. The number of benzene rings is 2. The van der Waals surface area contributed by atoms with Gasteiger partial charge in [-0.2, -0.15) is 13.2 Å². The number of imide groups is 1. The number of nitrogens with one attached hydrogen (secondary N) is 1. The summed E-state index contributed by atoms with van der Waals surface area (Å²) in [5.41, 5.74) is 1.64. The summed E-state index contributed by atoms with van der Waals surface area (Å²) in [4.78, 5) is 23.2. The van der Waals surface area contributed by atoms with Crippen LogP contribution in [0.3, 0.4) is 0 Å². The van der Waals surface area contributed by atoms with Crippen molar-refractivity contribution in [2.75, 3.05) is 0 Å². The third-order valence-electron chi connectivity index (χ3n) is 5.32. The summed E-state index contributed by atoms with van der Waals surface area (Å²) in [6.07, 6.45) is -4.23. The zero-order valence-electron chi connectivity index (χ0n) is 15.5. The van der Waals surface area contributed by atoms with Crippen molar-refractivity contribution in [3.8, 4) is 11.5 Å². The van der Waals surface area contributed by atoms with E-state index in [9.17, 15) is 22.8 Å². The first-order valence-corrected chi connectivity index (χ1v) is 9.28. The molecule has 5 nitrogen and oxygen atoms in total. The van der Waals surface area contributed by atoms with Gasteiger partial charge in [0.25, 0.3) is 5.91 Å². The molecule has 0 radical (unpaired) electrons. The van der Waals surface area contributed by atoms with Gasteiger partial charge in [0.15, 0.2) is 6.10 Å². The predicted octanol–water partition coefficient (Wildman–Crippen LogP) is 4.72. The van der Waals surface area contributed by atoms with E-state index in [0.29, 0.717) is 36.3 Å². The van der Waals surface area contributed by atoms with E-state index < -0.39 is 29.8 Å². The number of ether oxygens (including phenoxy) is 2. The van der Waals surface area contributed by atoms with Gasteiger partial charge in [-0.1, -0.05) is 13.0 Å². The minimum atomic E-state index is -4.40. The summed E-state index contributed by atoms with van der Waals surface area (Å²) in [7, 11) is 0. The molecule has 2 aromatic rings. The van der Waals surface area contributed by atoms with Gasteiger partial charge in [0.2, 0.25) is 0 Å². The molecule has 1 aliphatic carbocycles. The fourth-order valence-corrected chi connectivity index (χ4v) is 3.90. The van der Waals surface area contributed by atoms with Gasteiger partial charge in [0.05, 0.1) is 5.56 Å². The number of hydrogen-bond donors (Lipinski definition) is 1. The summed E-state index contributed by atoms with van der Waals surface area (Å²) in [6.45, 7) is 1.77. The number of rotatable bonds is 4. The SMILES string of the molecule is CCc1cc(C(F)(F)F)ccc1Oc1ccc2c(c1)CC[C@H]2C1OC(=O)NC1=O. The van der Waals surface area contributed by atoms with Gasteiger partial charge in [0.1, 0.15) is 11.5 Å². The molecule has 8 heteroatoms. The van der Waals surface area contributed by atoms with Crippen molar-refractivity contribution in [2.45, 2.75) is 44.4 Å². The van der Waals surface area contributed by atoms with Crippen molar-refractivity contribution >= 4 is 12.0 Å². The number of alkyl halides is 3. The average Bonchev–Trinajstić information content (AvgIpc) is 3.22. The van der Waals surface area contributed by atoms with Crippen molar-refractivity contribution in [3.63, 3.8) is 0 Å². The lowest BCUT2D eigenvalue weighted by Gasteiger charge is -2.17. The molecule has 1 unspecified atom stereocenters. The van der Waals surface area contributed by atoms with Crippen LogP contribution in [-0.4, -0.2) is 18.1 Å². The van der Waals surface area contributed by atoms with Gasteiger partial charge < -0.3 is 9.47 Å². The molecule has 152 valence electrons. The predicted molar refractivity (Wildman–Crippen MR) is 96.8 cm³/mol. The summed E-state index contributed by atoms with van der Waals surface area (Å²) < 4.78 is 49.7. The largest absolute Gasteiger partial charge is 0.457 e. The molecule has 0 saturated carbocycles. The molecule has 1 N–H and O–H groups in total. The fourth-order valence-electron chi connectivity index (χ4n) is 3.90. The van der Waals surface area contributed by atoms with Gasteiger partial charge in [-0.15, -0.1) is 0 Å². The van der Waals surface area contributed by atoms with E-state index in [1.54, 1.807) is 13.0 Å². The molecular weight excluding hydrogens is 387 g/mol. The lowest BCUT2D eigenvalue weighted by Crippen LogP contribution is -2.28. The number of carbonyl (C=O) groups excluding carboxylic acids is 2. The molecule has 1 fully saturated rings. The number of cyclic esters (lactones) is 1. The number of carbonyl (C=O) groups is 2. The Balaban J connectivity index is 1.56. The van der Waals surface area contributed by atoms with Crippen LogP contribution >= 0.6 is 0 Å². The molecule has 2 amide bonds. The van der Waals surface area contributed by atoms with Crippen LogP contribution in [0.2, 0.25) is 0 Å². The van der Waals surface area contributed by atoms with E-state index in [2.05, 4.69) is 5.32 Å². The van der Waals surface area contributed by atoms with Gasteiger partial charge in [-0.25, -0.2) is 4.79 Å². The Morgan fingerprint density at radius 3 is 2.62 bits per heavy atom. The molecule has 1 aliphatic heterocycles. The first-order chi connectivity index (χ1) is 13.8. The molecule has 1 saturated heterocycles. The third-order valence-corrected chi connectivity index (χ3v) is 5.32. The average molecular weight is 405 g/mol. The minimum absolute atomic E-state index is 0.220. The number of fused-ring (bicyclic) bond motifs is 1. The van der Waals surface area contributed by atoms with Crippen molar-refractivity contribution in [1.82, 2.24) is 5.32 Å². The second-order valence-electron chi connectivity index (χ2n) is 7.10. The van der Waals surface area contributed by atoms with Crippen LogP contribution in [0.5, 0.6) is 11.5 Å². The Hall–Kier alpha value is -3.03. The zero-order valence-corrected chi connectivity index (χ0v) is 15.5. The van der Waals surface area contributed by atoms with Crippen LogP contribution in [0.15, 0.2) is 36.4 Å². The standard InChI is InChI=1S/C21H18F3NO4/c1-2-11-9-13(21(22,23)24)4-8-17(11)28-14-5-7-15-12(10-14)3-6-16(15)18-19(26)25-20(27)29-18/h4-5,7-10,16,18H,2-3,6H2,1H3,(H,25,26,27)/t16-,18?/m1/s1. The molecule has 1 heterocycles. The van der Waals surface area contributed by atoms with Crippen LogP contribution in [0, 0.1) is 0 Å². The maximum atomic E-state index is 12.9. The Labute approximate surface area is 164 Å². The molecule has 2 atom stereocenters. The van der Waals surface area contributed by atoms with Crippen LogP contribution in [0.1, 0.15) is 41.5 Å². The number of hydrogen-bond acceptors (Lipinski definition) is 4. The van der Waals surface area contributed by atoms with E-state index in [1.807, 2.05) is 12.1 Å². The van der Waals surface area contributed by atoms with E-state index >= 15 is 0 Å². The van der Waals surface area contributed by atoms with Crippen molar-refractivity contribution < 1.29 is 32.2 Å². The fraction of sp³-hybridized carbons (Fsp3) is 0.333. The normalized spacial score (nSPS) is 21.0. The van der Waals surface area contributed by atoms with Crippen molar-refractivity contribution in [2.24, 2.45) is 0 Å². The third kappa shape index (κ3) is 3.66. The zero-order chi connectivity index (χ0) is 20.8. The van der Waals surface area contributed by atoms with E-state index in [4.69, 9.17) is 9.47 Å². The van der Waals surface area contributed by atoms with E-state index in [0.717, 1.165) is 23.3 Å². The van der Waals surface area contributed by atoms with Crippen LogP contribution < -0.4 is 10.1 Å². The highest BCUT2D eigenvalue weighted by atomic mass is 19.4. The van der Waals surface area contributed by atoms with Crippen LogP contribution in [0.25, 0.3) is 0 Å². The Kier molecular flexibility index (Phi) is 4.72. The Bertz CT molecular complexity index is 986. The quantitative estimate of drug-likeness (QED) is 0.799. The van der Waals surface area contributed by atoms with E-state index in [1.165, 1.54) is 6.07 Å². The number of halogens is 3. The lowest BCUT2D eigenvalue weighted by molar-refractivity contribution is -0.137. The summed E-state index contributed by atoms with van der Waals surface area (Å²) in [5, 5.41) is 2.14. The van der Waals surface area contributed by atoms with Crippen LogP contribution in [0.4, 0.5) is 18.0 Å². The minimum Gasteiger partial charge on any atom is -0.457 e. The molecule has 4 rings (SSSR count). The first kappa shape index (κ1) is 19.3. The van der Waals surface area contributed by atoms with Crippen molar-refractivity contribution in [1.29, 1.82) is 0 Å². The summed E-state index contributed by atoms with van der Waals surface area (Å²) in [5.74, 6) is 0.221. The topological polar surface area (TPSA) is 64.6 Å². The Morgan fingerprint density at radius 2 is 1.97 bits per heavy atom. The molecule has 0 aromatic heterocycles. The van der Waals surface area contributed by atoms with Gasteiger partial charge in [-0.05, 0) is 66.3 Å². The Morgan fingerprint density at radius 1 is 1.17 bits per heavy atom. The first-order valence-electron chi connectivity index (χ1n) is 9.28. The molecule has 0 bridgehead atoms. The molecule has 2 aliphatic rings. The molecular formula is C21H18F3NO4. The monoisotopic (exact) mass is 405 g/mol. The molecule has 29 heavy (non-hydrogen) atoms. The van der Waals surface area contributed by atoms with Crippen LogP contribution in [-0.2, 0) is 28.5 Å². The van der Waals surface area contributed by atoms with Gasteiger partial charge >= 0.3 is 12.3 Å². The van der Waals surface area contributed by atoms with E-state index in [-0.39, 0.29) is 5.92 Å². The second kappa shape index (κ2) is 7.09. The summed E-state index contributed by atoms with van der Waals surface area (Å²) >= 11 is 0. The summed E-state index contributed by atoms with van der Waals surface area (Å²) in [6, 6.07) is 8.79. The number of aryl methyl sites for hydroxylation is 2. The number of amides is 2. The smallest absolute Gasteiger partial charge is 0.416 e. The molecule has 0 spiro atoms. The van der Waals surface area contributed by atoms with Gasteiger partial charge in [0, 0.05) is 5.92 Å². The maximum absolute atomic E-state index is 12.9. The highest BCUT2D eigenvalue weighted by Gasteiger charge is 2.42. The lowest BCUT2D eigenvalue weighted by atomic mass is 9.95. The highest BCUT2D eigenvalue weighted by Crippen LogP contribution is 2.41. The molecule has 2 aromatic carbocycles. The second-order valence-corrected chi connectivity index (χ2v) is 7.10. The highest BCUT2D eigenvalue weighted by molar-refractivity contribution is 6.00. The number of alkyl carbamates (subject to hydrolysis) is 1.